The monoisotopic (exact) mass is 252 g/mol. The van der Waals surface area contributed by atoms with Crippen LogP contribution in [0.1, 0.15) is 59.3 Å². The highest BCUT2D eigenvalue weighted by atomic mass is 16.7. The minimum absolute atomic E-state index is 0.0174. The third-order valence-electron chi connectivity index (χ3n) is 2.39. The van der Waals surface area contributed by atoms with E-state index in [4.69, 9.17) is 25.5 Å². The summed E-state index contributed by atoms with van der Waals surface area (Å²) in [5.41, 5.74) is 0. The van der Waals surface area contributed by atoms with Gasteiger partial charge >= 0.3 is 0 Å². The van der Waals surface area contributed by atoms with Gasteiger partial charge in [0.2, 0.25) is 0 Å². The number of hydrogen-bond acceptors (Lipinski definition) is 5. The average molecular weight is 252 g/mol. The maximum atomic E-state index is 8.43. The molecule has 0 aromatic carbocycles. The van der Waals surface area contributed by atoms with Gasteiger partial charge in [-0.25, -0.2) is 0 Å². The van der Waals surface area contributed by atoms with Crippen LogP contribution in [0.15, 0.2) is 0 Å². The molecule has 0 amide bonds. The molecule has 0 spiro atoms. The first-order valence-corrected chi connectivity index (χ1v) is 6.26. The summed E-state index contributed by atoms with van der Waals surface area (Å²) in [7, 11) is 0. The second-order valence-corrected chi connectivity index (χ2v) is 4.47. The zero-order valence-electron chi connectivity index (χ0n) is 11.1. The SMILES string of the molecule is CCC(C)CC(O)(O)O.CCCCCC(O)O. The predicted molar refractivity (Wildman–Crippen MR) is 65.8 cm³/mol. The van der Waals surface area contributed by atoms with Crippen molar-refractivity contribution in [2.24, 2.45) is 5.92 Å². The largest absolute Gasteiger partial charge is 0.368 e. The molecule has 0 bridgehead atoms. The quantitative estimate of drug-likeness (QED) is 0.343. The molecular weight excluding hydrogens is 224 g/mol. The van der Waals surface area contributed by atoms with Gasteiger partial charge in [0.25, 0.3) is 5.97 Å². The first kappa shape index (κ1) is 19.1. The second kappa shape index (κ2) is 10.9. The minimum atomic E-state index is -2.48. The van der Waals surface area contributed by atoms with Crippen LogP contribution >= 0.6 is 0 Å². The van der Waals surface area contributed by atoms with Crippen LogP contribution < -0.4 is 0 Å². The Morgan fingerprint density at radius 2 is 1.53 bits per heavy atom. The number of rotatable bonds is 7. The Hall–Kier alpha value is -0.200. The molecule has 106 valence electrons. The zero-order valence-corrected chi connectivity index (χ0v) is 11.1. The van der Waals surface area contributed by atoms with Gasteiger partial charge < -0.3 is 25.5 Å². The van der Waals surface area contributed by atoms with Gasteiger partial charge in [-0.2, -0.15) is 0 Å². The predicted octanol–water partition coefficient (Wildman–Crippen LogP) is 0.931. The molecule has 1 unspecified atom stereocenters. The van der Waals surface area contributed by atoms with E-state index >= 15 is 0 Å². The molecule has 0 aliphatic carbocycles. The molecule has 0 rings (SSSR count). The van der Waals surface area contributed by atoms with Crippen molar-refractivity contribution >= 4 is 0 Å². The van der Waals surface area contributed by atoms with E-state index in [1.54, 1.807) is 0 Å². The summed E-state index contributed by atoms with van der Waals surface area (Å²) < 4.78 is 0. The topological polar surface area (TPSA) is 101 Å². The van der Waals surface area contributed by atoms with Crippen molar-refractivity contribution in [2.45, 2.75) is 71.6 Å². The first-order valence-electron chi connectivity index (χ1n) is 6.26. The number of aliphatic hydroxyl groups is 5. The molecule has 0 saturated heterocycles. The van der Waals surface area contributed by atoms with Crippen molar-refractivity contribution < 1.29 is 25.5 Å². The smallest absolute Gasteiger partial charge is 0.275 e. The highest BCUT2D eigenvalue weighted by molar-refractivity contribution is 4.54. The molecule has 0 aromatic heterocycles. The van der Waals surface area contributed by atoms with E-state index in [2.05, 4.69) is 6.92 Å². The zero-order chi connectivity index (χ0) is 13.9. The van der Waals surface area contributed by atoms with Gasteiger partial charge in [-0.05, 0) is 18.8 Å². The van der Waals surface area contributed by atoms with Crippen LogP contribution in [0.4, 0.5) is 0 Å². The Balaban J connectivity index is 0. The molecule has 1 atom stereocenters. The fourth-order valence-corrected chi connectivity index (χ4v) is 1.19. The van der Waals surface area contributed by atoms with Gasteiger partial charge in [0.1, 0.15) is 0 Å². The van der Waals surface area contributed by atoms with E-state index in [1.165, 1.54) is 0 Å². The van der Waals surface area contributed by atoms with E-state index in [0.29, 0.717) is 6.42 Å². The summed E-state index contributed by atoms with van der Waals surface area (Å²) in [6.45, 7) is 5.86. The van der Waals surface area contributed by atoms with E-state index in [9.17, 15) is 0 Å². The first-order chi connectivity index (χ1) is 7.72. The Bertz CT molecular complexity index is 153. The summed E-state index contributed by atoms with van der Waals surface area (Å²) in [4.78, 5) is 0. The molecule has 0 heterocycles. The van der Waals surface area contributed by atoms with Gasteiger partial charge in [-0.1, -0.05) is 40.0 Å². The fourth-order valence-electron chi connectivity index (χ4n) is 1.19. The molecule has 0 aliphatic rings. The van der Waals surface area contributed by atoms with E-state index < -0.39 is 12.3 Å². The molecular formula is C12H28O5. The standard InChI is InChI=1S/C6H14O3.C6H14O2/c1-3-5(2)4-6(7,8)9;1-2-3-4-5-6(7)8/h5,7-9H,3-4H2,1-2H3;6-8H,2-5H2,1H3. The van der Waals surface area contributed by atoms with Crippen LogP contribution in [0.25, 0.3) is 0 Å². The third kappa shape index (κ3) is 21.6. The van der Waals surface area contributed by atoms with E-state index in [0.717, 1.165) is 25.7 Å². The summed E-state index contributed by atoms with van der Waals surface area (Å²) in [5.74, 6) is -2.33. The summed E-state index contributed by atoms with van der Waals surface area (Å²) in [6.07, 6.45) is 3.43. The van der Waals surface area contributed by atoms with Crippen molar-refractivity contribution in [3.05, 3.63) is 0 Å². The Morgan fingerprint density at radius 1 is 1.00 bits per heavy atom. The lowest BCUT2D eigenvalue weighted by atomic mass is 10.0. The van der Waals surface area contributed by atoms with Crippen molar-refractivity contribution in [1.29, 1.82) is 0 Å². The maximum absolute atomic E-state index is 8.43. The van der Waals surface area contributed by atoms with Gasteiger partial charge in [0.05, 0.1) is 0 Å². The van der Waals surface area contributed by atoms with Crippen molar-refractivity contribution in [3.63, 3.8) is 0 Å². The molecule has 5 N–H and O–H groups in total. The van der Waals surface area contributed by atoms with Crippen LogP contribution in [0.2, 0.25) is 0 Å². The van der Waals surface area contributed by atoms with Gasteiger partial charge in [-0.15, -0.1) is 0 Å². The van der Waals surface area contributed by atoms with Crippen LogP contribution in [-0.4, -0.2) is 37.8 Å². The van der Waals surface area contributed by atoms with Crippen molar-refractivity contribution in [2.75, 3.05) is 0 Å². The van der Waals surface area contributed by atoms with Crippen molar-refractivity contribution in [3.8, 4) is 0 Å². The highest BCUT2D eigenvalue weighted by Gasteiger charge is 2.20. The van der Waals surface area contributed by atoms with Crippen LogP contribution in [0.3, 0.4) is 0 Å². The number of unbranched alkanes of at least 4 members (excludes halogenated alkanes) is 2. The Kier molecular flexibility index (Phi) is 12.3. The Morgan fingerprint density at radius 3 is 1.76 bits per heavy atom. The van der Waals surface area contributed by atoms with Crippen LogP contribution in [0.5, 0.6) is 0 Å². The average Bonchev–Trinajstić information content (AvgIpc) is 2.16. The normalized spacial score (nSPS) is 13.2. The van der Waals surface area contributed by atoms with E-state index in [1.807, 2.05) is 13.8 Å². The molecule has 0 aromatic rings. The molecule has 0 aliphatic heterocycles. The molecule has 0 saturated carbocycles. The summed E-state index contributed by atoms with van der Waals surface area (Å²) in [6, 6.07) is 0. The van der Waals surface area contributed by atoms with Crippen LogP contribution in [0, 0.1) is 5.92 Å². The molecule has 17 heavy (non-hydrogen) atoms. The maximum Gasteiger partial charge on any atom is 0.275 e. The number of aliphatic hydroxyl groups excluding tert-OH is 1. The van der Waals surface area contributed by atoms with Crippen LogP contribution in [-0.2, 0) is 0 Å². The van der Waals surface area contributed by atoms with Crippen molar-refractivity contribution in [1.82, 2.24) is 0 Å². The summed E-state index contributed by atoms with van der Waals surface area (Å²) in [5, 5.41) is 42.0. The van der Waals surface area contributed by atoms with E-state index in [-0.39, 0.29) is 12.3 Å². The molecule has 5 nitrogen and oxygen atoms in total. The minimum Gasteiger partial charge on any atom is -0.368 e. The lowest BCUT2D eigenvalue weighted by molar-refractivity contribution is -0.319. The molecule has 5 heteroatoms. The fraction of sp³-hybridized carbons (Fsp3) is 1.00. The highest BCUT2D eigenvalue weighted by Crippen LogP contribution is 2.13. The lowest BCUT2D eigenvalue weighted by Crippen LogP contribution is -2.29. The molecule has 0 radical (unpaired) electrons. The van der Waals surface area contributed by atoms with Gasteiger partial charge in [0.15, 0.2) is 6.29 Å². The lowest BCUT2D eigenvalue weighted by Gasteiger charge is -2.17. The third-order valence-corrected chi connectivity index (χ3v) is 2.39. The second-order valence-electron chi connectivity index (χ2n) is 4.47. The summed E-state index contributed by atoms with van der Waals surface area (Å²) >= 11 is 0. The number of hydrogen-bond donors (Lipinski definition) is 5. The Labute approximate surface area is 104 Å². The van der Waals surface area contributed by atoms with Gasteiger partial charge in [-0.3, -0.25) is 0 Å². The van der Waals surface area contributed by atoms with Gasteiger partial charge in [0, 0.05) is 6.42 Å². The molecule has 0 fully saturated rings.